The molecule has 0 aliphatic carbocycles. The van der Waals surface area contributed by atoms with Gasteiger partial charge in [0.2, 0.25) is 0 Å². The Balaban J connectivity index is 2.04. The highest BCUT2D eigenvalue weighted by Gasteiger charge is 2.34. The molecule has 0 unspecified atom stereocenters. The fourth-order valence-corrected chi connectivity index (χ4v) is 3.94. The minimum atomic E-state index is -0.0120. The molecule has 5 heteroatoms. The predicted octanol–water partition coefficient (Wildman–Crippen LogP) is 3.67. The number of amides is 1. The standard InChI is InChI=1S/C14H14N2OS2/c1-14(2)8-16(13(17)10-7-18-9-15-10)11-5-3-4-6-12(11)19-14/h3-7,9H,8H2,1-2H3. The van der Waals surface area contributed by atoms with Crippen molar-refractivity contribution in [1.82, 2.24) is 4.98 Å². The number of para-hydroxylation sites is 1. The molecule has 1 aromatic carbocycles. The average Bonchev–Trinajstić information content (AvgIpc) is 2.89. The molecular formula is C14H14N2OS2. The summed E-state index contributed by atoms with van der Waals surface area (Å²) >= 11 is 3.27. The van der Waals surface area contributed by atoms with Crippen LogP contribution in [-0.4, -0.2) is 22.2 Å². The summed E-state index contributed by atoms with van der Waals surface area (Å²) < 4.78 is 0.0139. The Morgan fingerprint density at radius 2 is 2.16 bits per heavy atom. The summed E-state index contributed by atoms with van der Waals surface area (Å²) in [6.45, 7) is 5.02. The summed E-state index contributed by atoms with van der Waals surface area (Å²) in [5, 5.41) is 1.81. The smallest absolute Gasteiger partial charge is 0.277 e. The monoisotopic (exact) mass is 290 g/mol. The number of thiazole rings is 1. The van der Waals surface area contributed by atoms with Crippen LogP contribution in [-0.2, 0) is 0 Å². The number of carbonyl (C=O) groups excluding carboxylic acids is 1. The van der Waals surface area contributed by atoms with Crippen molar-refractivity contribution < 1.29 is 4.79 Å². The van der Waals surface area contributed by atoms with E-state index in [2.05, 4.69) is 24.9 Å². The van der Waals surface area contributed by atoms with Crippen molar-refractivity contribution >= 4 is 34.7 Å². The van der Waals surface area contributed by atoms with Crippen molar-refractivity contribution in [3.05, 3.63) is 40.8 Å². The number of hydrogen-bond acceptors (Lipinski definition) is 4. The highest BCUT2D eigenvalue weighted by atomic mass is 32.2. The fourth-order valence-electron chi connectivity index (χ4n) is 2.20. The molecule has 1 amide bonds. The van der Waals surface area contributed by atoms with Gasteiger partial charge in [-0.1, -0.05) is 12.1 Å². The van der Waals surface area contributed by atoms with Crippen molar-refractivity contribution in [2.75, 3.05) is 11.4 Å². The van der Waals surface area contributed by atoms with Gasteiger partial charge in [0, 0.05) is 21.6 Å². The number of hydrogen-bond donors (Lipinski definition) is 0. The lowest BCUT2D eigenvalue weighted by molar-refractivity contribution is 0.0980. The Morgan fingerprint density at radius 3 is 2.89 bits per heavy atom. The molecule has 3 nitrogen and oxygen atoms in total. The van der Waals surface area contributed by atoms with Crippen LogP contribution in [0.2, 0.25) is 0 Å². The molecule has 0 saturated carbocycles. The second-order valence-electron chi connectivity index (χ2n) is 5.09. The van der Waals surface area contributed by atoms with E-state index >= 15 is 0 Å². The molecule has 19 heavy (non-hydrogen) atoms. The van der Waals surface area contributed by atoms with Crippen molar-refractivity contribution in [2.45, 2.75) is 23.5 Å². The van der Waals surface area contributed by atoms with Crippen molar-refractivity contribution in [1.29, 1.82) is 0 Å². The molecule has 0 radical (unpaired) electrons. The maximum Gasteiger partial charge on any atom is 0.277 e. The van der Waals surface area contributed by atoms with E-state index in [9.17, 15) is 4.79 Å². The highest BCUT2D eigenvalue weighted by Crippen LogP contribution is 2.44. The van der Waals surface area contributed by atoms with Gasteiger partial charge in [-0.2, -0.15) is 0 Å². The molecule has 1 aliphatic rings. The van der Waals surface area contributed by atoms with Gasteiger partial charge in [-0.15, -0.1) is 23.1 Å². The van der Waals surface area contributed by atoms with E-state index < -0.39 is 0 Å². The van der Waals surface area contributed by atoms with Gasteiger partial charge in [0.25, 0.3) is 5.91 Å². The summed E-state index contributed by atoms with van der Waals surface area (Å²) in [6.07, 6.45) is 0. The summed E-state index contributed by atoms with van der Waals surface area (Å²) in [7, 11) is 0. The van der Waals surface area contributed by atoms with Gasteiger partial charge in [0.15, 0.2) is 0 Å². The quantitative estimate of drug-likeness (QED) is 0.803. The zero-order chi connectivity index (χ0) is 13.5. The maximum atomic E-state index is 12.6. The molecule has 2 aromatic rings. The van der Waals surface area contributed by atoms with Gasteiger partial charge >= 0.3 is 0 Å². The Morgan fingerprint density at radius 1 is 1.37 bits per heavy atom. The first-order valence-corrected chi connectivity index (χ1v) is 7.81. The molecule has 0 bridgehead atoms. The van der Waals surface area contributed by atoms with E-state index in [1.165, 1.54) is 11.3 Å². The third kappa shape index (κ3) is 2.40. The zero-order valence-corrected chi connectivity index (χ0v) is 12.4. The lowest BCUT2D eigenvalue weighted by Crippen LogP contribution is -2.43. The summed E-state index contributed by atoms with van der Waals surface area (Å²) in [4.78, 5) is 19.7. The van der Waals surface area contributed by atoms with Gasteiger partial charge < -0.3 is 4.90 Å². The number of thioether (sulfide) groups is 1. The molecule has 0 N–H and O–H groups in total. The SMILES string of the molecule is CC1(C)CN(C(=O)c2cscn2)c2ccccc2S1. The summed E-state index contributed by atoms with van der Waals surface area (Å²) in [5.74, 6) is -0.0120. The first-order chi connectivity index (χ1) is 9.07. The first kappa shape index (κ1) is 12.7. The topological polar surface area (TPSA) is 33.2 Å². The lowest BCUT2D eigenvalue weighted by atomic mass is 10.1. The fraction of sp³-hybridized carbons (Fsp3) is 0.286. The van der Waals surface area contributed by atoms with E-state index in [1.807, 2.05) is 34.9 Å². The van der Waals surface area contributed by atoms with Crippen LogP contribution in [0.3, 0.4) is 0 Å². The molecular weight excluding hydrogens is 276 g/mol. The third-order valence-electron chi connectivity index (χ3n) is 2.98. The van der Waals surface area contributed by atoms with Crippen LogP contribution in [0.4, 0.5) is 5.69 Å². The van der Waals surface area contributed by atoms with Gasteiger partial charge in [0.05, 0.1) is 11.2 Å². The average molecular weight is 290 g/mol. The Kier molecular flexibility index (Phi) is 3.11. The maximum absolute atomic E-state index is 12.6. The zero-order valence-electron chi connectivity index (χ0n) is 10.8. The van der Waals surface area contributed by atoms with Crippen LogP contribution in [0.5, 0.6) is 0 Å². The first-order valence-electron chi connectivity index (χ1n) is 6.05. The van der Waals surface area contributed by atoms with Crippen LogP contribution in [0, 0.1) is 0 Å². The number of aromatic nitrogens is 1. The molecule has 0 spiro atoms. The second-order valence-corrected chi connectivity index (χ2v) is 7.56. The van der Waals surface area contributed by atoms with Crippen LogP contribution < -0.4 is 4.90 Å². The minimum absolute atomic E-state index is 0.0120. The number of benzene rings is 1. The van der Waals surface area contributed by atoms with E-state index in [0.29, 0.717) is 12.2 Å². The van der Waals surface area contributed by atoms with Crippen LogP contribution >= 0.6 is 23.1 Å². The molecule has 0 atom stereocenters. The van der Waals surface area contributed by atoms with Crippen LogP contribution in [0.25, 0.3) is 0 Å². The van der Waals surface area contributed by atoms with Gasteiger partial charge in [0.1, 0.15) is 5.69 Å². The number of fused-ring (bicyclic) bond motifs is 1. The normalized spacial score (nSPS) is 17.1. The molecule has 0 fully saturated rings. The predicted molar refractivity (Wildman–Crippen MR) is 80.2 cm³/mol. The molecule has 98 valence electrons. The molecule has 1 aliphatic heterocycles. The van der Waals surface area contributed by atoms with E-state index in [-0.39, 0.29) is 10.7 Å². The molecule has 2 heterocycles. The summed E-state index contributed by atoms with van der Waals surface area (Å²) in [6, 6.07) is 8.06. The van der Waals surface area contributed by atoms with Gasteiger partial charge in [-0.3, -0.25) is 4.79 Å². The number of rotatable bonds is 1. The largest absolute Gasteiger partial charge is 0.304 e. The van der Waals surface area contributed by atoms with Crippen molar-refractivity contribution in [3.63, 3.8) is 0 Å². The van der Waals surface area contributed by atoms with E-state index in [1.54, 1.807) is 10.9 Å². The van der Waals surface area contributed by atoms with Crippen LogP contribution in [0.15, 0.2) is 40.1 Å². The number of carbonyl (C=O) groups is 1. The van der Waals surface area contributed by atoms with Crippen molar-refractivity contribution in [3.8, 4) is 0 Å². The second kappa shape index (κ2) is 4.65. The third-order valence-corrected chi connectivity index (χ3v) is 4.81. The highest BCUT2D eigenvalue weighted by molar-refractivity contribution is 8.00. The minimum Gasteiger partial charge on any atom is -0.304 e. The Bertz CT molecular complexity index is 608. The number of anilines is 1. The molecule has 0 saturated heterocycles. The van der Waals surface area contributed by atoms with E-state index in [0.717, 1.165) is 10.6 Å². The van der Waals surface area contributed by atoms with Gasteiger partial charge in [-0.25, -0.2) is 4.98 Å². The van der Waals surface area contributed by atoms with E-state index in [4.69, 9.17) is 0 Å². The molecule has 3 rings (SSSR count). The lowest BCUT2D eigenvalue weighted by Gasteiger charge is -2.38. The van der Waals surface area contributed by atoms with Crippen LogP contribution in [0.1, 0.15) is 24.3 Å². The Labute approximate surface area is 120 Å². The van der Waals surface area contributed by atoms with Gasteiger partial charge in [-0.05, 0) is 26.0 Å². The molecule has 1 aromatic heterocycles. The Hall–Kier alpha value is -1.33. The summed E-state index contributed by atoms with van der Waals surface area (Å²) in [5.41, 5.74) is 3.22. The number of nitrogens with zero attached hydrogens (tertiary/aromatic N) is 2. The van der Waals surface area contributed by atoms with Crippen molar-refractivity contribution in [2.24, 2.45) is 0 Å².